The minimum Gasteiger partial charge on any atom is -0.325 e. The van der Waals surface area contributed by atoms with E-state index in [1.165, 1.54) is 18.2 Å². The van der Waals surface area contributed by atoms with Gasteiger partial charge in [0.1, 0.15) is 5.75 Å². The Bertz CT molecular complexity index is 820. The molecule has 1 amide bonds. The Balaban J connectivity index is 2.00. The Morgan fingerprint density at radius 1 is 0.957 bits per heavy atom. The lowest BCUT2D eigenvalue weighted by atomic mass is 10.2. The third-order valence-electron chi connectivity index (χ3n) is 2.85. The highest BCUT2D eigenvalue weighted by Crippen LogP contribution is 2.25. The zero-order valence-corrected chi connectivity index (χ0v) is 14.8. The normalized spacial score (nSPS) is 11.3. The zero-order chi connectivity index (χ0) is 17.0. The molecule has 0 aromatic heterocycles. The Morgan fingerprint density at radius 2 is 1.61 bits per heavy atom. The first-order valence-corrected chi connectivity index (χ1v) is 9.40. The molecule has 0 heterocycles. The summed E-state index contributed by atoms with van der Waals surface area (Å²) in [6.45, 7) is 0. The lowest BCUT2D eigenvalue weighted by Crippen LogP contribution is -2.23. The van der Waals surface area contributed by atoms with E-state index in [2.05, 4.69) is 5.32 Å². The van der Waals surface area contributed by atoms with E-state index in [4.69, 9.17) is 34.8 Å². The van der Waals surface area contributed by atoms with Crippen LogP contribution in [0.3, 0.4) is 0 Å². The first-order valence-electron chi connectivity index (χ1n) is 6.45. The van der Waals surface area contributed by atoms with E-state index in [0.717, 1.165) is 0 Å². The smallest absolute Gasteiger partial charge is 0.239 e. The molecule has 0 saturated carbocycles. The lowest BCUT2D eigenvalue weighted by Gasteiger charge is -2.07. The van der Waals surface area contributed by atoms with Crippen LogP contribution in [0.2, 0.25) is 15.1 Å². The minimum absolute atomic E-state index is 0.237. The van der Waals surface area contributed by atoms with Crippen LogP contribution in [0, 0.1) is 0 Å². The van der Waals surface area contributed by atoms with Gasteiger partial charge in [-0.05, 0) is 35.9 Å². The molecule has 0 atom stereocenters. The maximum atomic E-state index is 12.1. The number of anilines is 1. The van der Waals surface area contributed by atoms with Gasteiger partial charge < -0.3 is 5.32 Å². The monoisotopic (exact) mass is 391 g/mol. The third kappa shape index (κ3) is 5.70. The molecular formula is C15H12Cl3NO3S. The molecule has 0 aliphatic heterocycles. The van der Waals surface area contributed by atoms with E-state index in [0.29, 0.717) is 21.3 Å². The van der Waals surface area contributed by atoms with Gasteiger partial charge in [-0.3, -0.25) is 4.79 Å². The van der Waals surface area contributed by atoms with Crippen molar-refractivity contribution in [1.29, 1.82) is 0 Å². The molecule has 23 heavy (non-hydrogen) atoms. The van der Waals surface area contributed by atoms with Gasteiger partial charge in [-0.25, -0.2) is 8.42 Å². The second kappa shape index (κ2) is 7.53. The van der Waals surface area contributed by atoms with Gasteiger partial charge in [0, 0.05) is 10.7 Å². The highest BCUT2D eigenvalue weighted by Gasteiger charge is 2.18. The molecule has 0 spiro atoms. The van der Waals surface area contributed by atoms with Crippen molar-refractivity contribution in [3.8, 4) is 0 Å². The number of carbonyl (C=O) groups is 1. The highest BCUT2D eigenvalue weighted by molar-refractivity contribution is 7.91. The number of rotatable bonds is 5. The maximum absolute atomic E-state index is 12.1. The first-order chi connectivity index (χ1) is 10.7. The van der Waals surface area contributed by atoms with Gasteiger partial charge in [0.05, 0.1) is 15.8 Å². The Hall–Kier alpha value is -1.27. The average Bonchev–Trinajstić information content (AvgIpc) is 2.44. The summed E-state index contributed by atoms with van der Waals surface area (Å²) in [6, 6.07) is 10.9. The van der Waals surface area contributed by atoms with Gasteiger partial charge in [0.2, 0.25) is 5.91 Å². The lowest BCUT2D eigenvalue weighted by molar-refractivity contribution is -0.113. The number of amides is 1. The van der Waals surface area contributed by atoms with Crippen LogP contribution in [0.15, 0.2) is 42.5 Å². The molecule has 0 radical (unpaired) electrons. The highest BCUT2D eigenvalue weighted by atomic mass is 35.5. The molecule has 1 N–H and O–H groups in total. The number of halogens is 3. The van der Waals surface area contributed by atoms with Gasteiger partial charge in [-0.2, -0.15) is 0 Å². The molecule has 0 unspecified atom stereocenters. The van der Waals surface area contributed by atoms with Crippen molar-refractivity contribution in [2.24, 2.45) is 0 Å². The first kappa shape index (κ1) is 18.1. The number of benzene rings is 2. The number of hydrogen-bond acceptors (Lipinski definition) is 3. The summed E-state index contributed by atoms with van der Waals surface area (Å²) in [5.74, 6) is -1.51. The number of carbonyl (C=O) groups excluding carboxylic acids is 1. The van der Waals surface area contributed by atoms with Crippen LogP contribution in [-0.4, -0.2) is 20.1 Å². The topological polar surface area (TPSA) is 63.2 Å². The van der Waals surface area contributed by atoms with Crippen molar-refractivity contribution >= 4 is 56.2 Å². The van der Waals surface area contributed by atoms with Crippen LogP contribution in [-0.2, 0) is 20.4 Å². The van der Waals surface area contributed by atoms with Crippen LogP contribution in [0.1, 0.15) is 5.56 Å². The molecule has 0 aliphatic rings. The van der Waals surface area contributed by atoms with Crippen molar-refractivity contribution in [3.63, 3.8) is 0 Å². The predicted molar refractivity (Wildman–Crippen MR) is 94.0 cm³/mol. The van der Waals surface area contributed by atoms with Crippen molar-refractivity contribution in [2.75, 3.05) is 11.1 Å². The standard InChI is InChI=1S/C15H12Cl3NO3S/c16-11-3-1-10(2-4-11)8-23(21,22)9-15(20)19-12-5-6-13(17)14(18)7-12/h1-7H,8-9H2,(H,19,20). The fraction of sp³-hybridized carbons (Fsp3) is 0.133. The van der Waals surface area contributed by atoms with Gasteiger partial charge in [0.15, 0.2) is 9.84 Å². The SMILES string of the molecule is O=C(CS(=O)(=O)Cc1ccc(Cl)cc1)Nc1ccc(Cl)c(Cl)c1. The number of hydrogen-bond donors (Lipinski definition) is 1. The number of nitrogens with one attached hydrogen (secondary N) is 1. The quantitative estimate of drug-likeness (QED) is 0.829. The van der Waals surface area contributed by atoms with E-state index < -0.39 is 21.5 Å². The summed E-state index contributed by atoms with van der Waals surface area (Å²) in [6.07, 6.45) is 0. The average molecular weight is 393 g/mol. The van der Waals surface area contributed by atoms with E-state index >= 15 is 0 Å². The van der Waals surface area contributed by atoms with Gasteiger partial charge in [-0.15, -0.1) is 0 Å². The molecule has 2 aromatic rings. The van der Waals surface area contributed by atoms with Crippen LogP contribution >= 0.6 is 34.8 Å². The summed E-state index contributed by atoms with van der Waals surface area (Å²) in [5.41, 5.74) is 0.947. The molecule has 8 heteroatoms. The van der Waals surface area contributed by atoms with Gasteiger partial charge in [0.25, 0.3) is 0 Å². The maximum Gasteiger partial charge on any atom is 0.239 e. The Morgan fingerprint density at radius 3 is 2.22 bits per heavy atom. The molecular weight excluding hydrogens is 381 g/mol. The van der Waals surface area contributed by atoms with Crippen LogP contribution in [0.4, 0.5) is 5.69 Å². The summed E-state index contributed by atoms with van der Waals surface area (Å²) >= 11 is 17.4. The zero-order valence-electron chi connectivity index (χ0n) is 11.7. The van der Waals surface area contributed by atoms with Gasteiger partial charge in [-0.1, -0.05) is 46.9 Å². The molecule has 2 rings (SSSR count). The predicted octanol–water partition coefficient (Wildman–Crippen LogP) is 4.20. The van der Waals surface area contributed by atoms with E-state index in [-0.39, 0.29) is 10.8 Å². The summed E-state index contributed by atoms with van der Waals surface area (Å²) < 4.78 is 24.1. The number of sulfone groups is 1. The van der Waals surface area contributed by atoms with Crippen LogP contribution in [0.5, 0.6) is 0 Å². The van der Waals surface area contributed by atoms with Gasteiger partial charge >= 0.3 is 0 Å². The summed E-state index contributed by atoms with van der Waals surface area (Å²) in [4.78, 5) is 11.9. The molecule has 0 fully saturated rings. The molecule has 122 valence electrons. The summed E-state index contributed by atoms with van der Waals surface area (Å²) in [5, 5.41) is 3.61. The van der Waals surface area contributed by atoms with Crippen LogP contribution < -0.4 is 5.32 Å². The van der Waals surface area contributed by atoms with E-state index in [9.17, 15) is 13.2 Å². The summed E-state index contributed by atoms with van der Waals surface area (Å²) in [7, 11) is -3.60. The van der Waals surface area contributed by atoms with Crippen LogP contribution in [0.25, 0.3) is 0 Å². The van der Waals surface area contributed by atoms with E-state index in [1.54, 1.807) is 24.3 Å². The minimum atomic E-state index is -3.60. The molecule has 2 aromatic carbocycles. The Labute approximate surface area is 149 Å². The van der Waals surface area contributed by atoms with Crippen molar-refractivity contribution in [3.05, 3.63) is 63.1 Å². The Kier molecular flexibility index (Phi) is 5.92. The molecule has 0 saturated heterocycles. The molecule has 4 nitrogen and oxygen atoms in total. The second-order valence-corrected chi connectivity index (χ2v) is 8.15. The fourth-order valence-corrected chi connectivity index (χ4v) is 3.55. The molecule has 0 bridgehead atoms. The van der Waals surface area contributed by atoms with Crippen molar-refractivity contribution in [2.45, 2.75) is 5.75 Å². The van der Waals surface area contributed by atoms with Crippen molar-refractivity contribution < 1.29 is 13.2 Å². The van der Waals surface area contributed by atoms with E-state index in [1.807, 2.05) is 0 Å². The fourth-order valence-electron chi connectivity index (χ4n) is 1.86. The third-order valence-corrected chi connectivity index (χ3v) is 5.32. The second-order valence-electron chi connectivity index (χ2n) is 4.84. The largest absolute Gasteiger partial charge is 0.325 e. The van der Waals surface area contributed by atoms with Crippen molar-refractivity contribution in [1.82, 2.24) is 0 Å². The molecule has 0 aliphatic carbocycles.